The van der Waals surface area contributed by atoms with E-state index in [1.54, 1.807) is 19.2 Å². The van der Waals surface area contributed by atoms with E-state index in [0.717, 1.165) is 16.1 Å². The van der Waals surface area contributed by atoms with Crippen molar-refractivity contribution in [2.75, 3.05) is 14.1 Å². The van der Waals surface area contributed by atoms with Crippen molar-refractivity contribution in [3.05, 3.63) is 80.8 Å². The topological polar surface area (TPSA) is 87.9 Å². The number of carbonyl (C=O) groups is 2. The van der Waals surface area contributed by atoms with Crippen LogP contribution in [-0.4, -0.2) is 41.9 Å². The highest BCUT2D eigenvalue weighted by Crippen LogP contribution is 2.41. The molecule has 2 aromatic rings. The van der Waals surface area contributed by atoms with Crippen molar-refractivity contribution in [1.29, 1.82) is 0 Å². The first-order valence-corrected chi connectivity index (χ1v) is 11.2. The lowest BCUT2D eigenvalue weighted by Gasteiger charge is -2.30. The van der Waals surface area contributed by atoms with Gasteiger partial charge in [0.15, 0.2) is 0 Å². The van der Waals surface area contributed by atoms with E-state index in [1.807, 2.05) is 66.5 Å². The van der Waals surface area contributed by atoms with Gasteiger partial charge in [-0.3, -0.25) is 9.59 Å². The molecule has 0 radical (unpaired) electrons. The smallest absolute Gasteiger partial charge is 0.262 e. The van der Waals surface area contributed by atoms with Crippen molar-refractivity contribution in [3.63, 3.8) is 0 Å². The molecule has 3 N–H and O–H groups in total. The number of nitrogens with two attached hydrogens (primary N) is 1. The summed E-state index contributed by atoms with van der Waals surface area (Å²) in [5.74, 6) is -0.277. The Balaban J connectivity index is 1.63. The summed E-state index contributed by atoms with van der Waals surface area (Å²) in [4.78, 5) is 29.4. The van der Waals surface area contributed by atoms with Crippen LogP contribution in [0.1, 0.15) is 33.1 Å². The van der Waals surface area contributed by atoms with Crippen molar-refractivity contribution in [3.8, 4) is 5.75 Å². The summed E-state index contributed by atoms with van der Waals surface area (Å²) in [6.07, 6.45) is 6.97. The van der Waals surface area contributed by atoms with Crippen molar-refractivity contribution < 1.29 is 14.3 Å². The fourth-order valence-corrected chi connectivity index (χ4v) is 4.97. The van der Waals surface area contributed by atoms with Gasteiger partial charge >= 0.3 is 0 Å². The number of hydrogen-bond donors (Lipinski definition) is 2. The second-order valence-electron chi connectivity index (χ2n) is 7.47. The molecule has 4 rings (SSSR count). The fraction of sp³-hybridized carbons (Fsp3) is 0.217. The highest BCUT2D eigenvalue weighted by molar-refractivity contribution is 7.15. The number of halogens is 1. The molecule has 3 heterocycles. The number of nitrogens with one attached hydrogen (secondary N) is 1. The van der Waals surface area contributed by atoms with Gasteiger partial charge in [0.2, 0.25) is 0 Å². The summed E-state index contributed by atoms with van der Waals surface area (Å²) in [7, 11) is 3.54. The first-order valence-electron chi connectivity index (χ1n) is 9.99. The van der Waals surface area contributed by atoms with Crippen LogP contribution in [0.4, 0.5) is 0 Å². The minimum atomic E-state index is -0.554. The molecule has 2 aliphatic heterocycles. The second-order valence-corrected chi connectivity index (χ2v) is 8.93. The largest absolute Gasteiger partial charge is 0.484 e. The second kappa shape index (κ2) is 8.72. The summed E-state index contributed by atoms with van der Waals surface area (Å²) >= 11 is 7.57. The molecule has 2 amide bonds. The highest BCUT2D eigenvalue weighted by atomic mass is 35.5. The molecule has 0 bridgehead atoms. The van der Waals surface area contributed by atoms with E-state index in [2.05, 4.69) is 5.32 Å². The summed E-state index contributed by atoms with van der Waals surface area (Å²) in [5, 5.41) is 3.24. The number of benzene rings is 1. The summed E-state index contributed by atoms with van der Waals surface area (Å²) in [6, 6.07) is 9.25. The summed E-state index contributed by atoms with van der Waals surface area (Å²) in [5.41, 5.74) is 7.95. The van der Waals surface area contributed by atoms with Crippen LogP contribution in [0.2, 0.25) is 5.02 Å². The number of thiophene rings is 1. The third kappa shape index (κ3) is 3.99. The molecule has 2 atom stereocenters. The van der Waals surface area contributed by atoms with Crippen LogP contribution in [0, 0.1) is 0 Å². The van der Waals surface area contributed by atoms with Gasteiger partial charge in [0.05, 0.1) is 10.6 Å². The molecule has 0 saturated heterocycles. The normalized spacial score (nSPS) is 18.1. The van der Waals surface area contributed by atoms with Gasteiger partial charge < -0.3 is 25.6 Å². The van der Waals surface area contributed by atoms with E-state index >= 15 is 0 Å². The zero-order chi connectivity index (χ0) is 23.0. The van der Waals surface area contributed by atoms with Crippen LogP contribution >= 0.6 is 22.9 Å². The minimum absolute atomic E-state index is 0.140. The number of carbonyl (C=O) groups excluding carboxylic acids is 2. The molecule has 2 unspecified atom stereocenters. The molecule has 2 aliphatic rings. The number of fused-ring (bicyclic) bond motifs is 1. The Morgan fingerprint density at radius 1 is 1.31 bits per heavy atom. The predicted molar refractivity (Wildman–Crippen MR) is 126 cm³/mol. The van der Waals surface area contributed by atoms with Gasteiger partial charge in [0, 0.05) is 48.7 Å². The Morgan fingerprint density at radius 3 is 2.75 bits per heavy atom. The average molecular weight is 471 g/mol. The van der Waals surface area contributed by atoms with Crippen LogP contribution in [0.3, 0.4) is 0 Å². The minimum Gasteiger partial charge on any atom is -0.484 e. The van der Waals surface area contributed by atoms with Crippen LogP contribution in [-0.2, 0) is 4.79 Å². The monoisotopic (exact) mass is 470 g/mol. The standard InChI is InChI=1S/C23H23ClN4O3S/c1-13(15-6-4-5-7-16(15)24)31-18-11-19(32-21(18)22(25)29)17-12-27(3)20-10-14(23(30)26-2)8-9-28(17)20/h4-13,20H,1-3H3,(H2,25,29)(H,26,30). The average Bonchev–Trinajstić information content (AvgIpc) is 3.34. The number of ether oxygens (including phenoxy) is 1. The van der Waals surface area contributed by atoms with E-state index in [1.165, 1.54) is 11.3 Å². The summed E-state index contributed by atoms with van der Waals surface area (Å²) < 4.78 is 6.12. The van der Waals surface area contributed by atoms with Crippen LogP contribution in [0.25, 0.3) is 5.70 Å². The first-order chi connectivity index (χ1) is 15.3. The van der Waals surface area contributed by atoms with Crippen LogP contribution in [0.15, 0.2) is 60.5 Å². The maximum atomic E-state index is 12.1. The van der Waals surface area contributed by atoms with E-state index in [0.29, 0.717) is 21.2 Å². The Morgan fingerprint density at radius 2 is 2.06 bits per heavy atom. The molecule has 1 aromatic carbocycles. The van der Waals surface area contributed by atoms with E-state index in [4.69, 9.17) is 22.1 Å². The molecule has 166 valence electrons. The van der Waals surface area contributed by atoms with Gasteiger partial charge in [0.25, 0.3) is 11.8 Å². The van der Waals surface area contributed by atoms with Gasteiger partial charge in [-0.1, -0.05) is 29.8 Å². The fourth-order valence-electron chi connectivity index (χ4n) is 3.72. The van der Waals surface area contributed by atoms with Gasteiger partial charge in [0.1, 0.15) is 22.9 Å². The molecule has 32 heavy (non-hydrogen) atoms. The van der Waals surface area contributed by atoms with Gasteiger partial charge in [-0.05, 0) is 25.1 Å². The lowest BCUT2D eigenvalue weighted by molar-refractivity contribution is -0.116. The van der Waals surface area contributed by atoms with Crippen molar-refractivity contribution in [1.82, 2.24) is 15.1 Å². The van der Waals surface area contributed by atoms with Crippen LogP contribution in [0.5, 0.6) is 5.75 Å². The number of amides is 2. The molecule has 7 nitrogen and oxygen atoms in total. The van der Waals surface area contributed by atoms with Crippen molar-refractivity contribution in [2.45, 2.75) is 19.2 Å². The third-order valence-electron chi connectivity index (χ3n) is 5.36. The Hall–Kier alpha value is -3.23. The first kappa shape index (κ1) is 22.0. The predicted octanol–water partition coefficient (Wildman–Crippen LogP) is 3.71. The van der Waals surface area contributed by atoms with Crippen LogP contribution < -0.4 is 15.8 Å². The molecule has 0 saturated carbocycles. The molecule has 9 heteroatoms. The summed E-state index contributed by atoms with van der Waals surface area (Å²) in [6.45, 7) is 1.88. The number of likely N-dealkylation sites (N-methyl/N-ethyl adjacent to an activating group) is 2. The maximum Gasteiger partial charge on any atom is 0.262 e. The van der Waals surface area contributed by atoms with Gasteiger partial charge in [-0.15, -0.1) is 11.3 Å². The quantitative estimate of drug-likeness (QED) is 0.672. The van der Waals surface area contributed by atoms with E-state index in [-0.39, 0.29) is 18.2 Å². The van der Waals surface area contributed by atoms with Gasteiger partial charge in [-0.2, -0.15) is 0 Å². The Labute approximate surface area is 195 Å². The van der Waals surface area contributed by atoms with E-state index in [9.17, 15) is 9.59 Å². The van der Waals surface area contributed by atoms with Crippen molar-refractivity contribution >= 4 is 40.4 Å². The molecule has 0 fully saturated rings. The molecular formula is C23H23ClN4O3S. The molecule has 1 aromatic heterocycles. The lowest BCUT2D eigenvalue weighted by atomic mass is 10.1. The molecular weight excluding hydrogens is 448 g/mol. The Bertz CT molecular complexity index is 1170. The lowest BCUT2D eigenvalue weighted by Crippen LogP contribution is -2.36. The highest BCUT2D eigenvalue weighted by Gasteiger charge is 2.33. The Kier molecular flexibility index (Phi) is 5.99. The zero-order valence-corrected chi connectivity index (χ0v) is 19.4. The van der Waals surface area contributed by atoms with Crippen molar-refractivity contribution in [2.24, 2.45) is 5.73 Å². The number of nitrogens with zero attached hydrogens (tertiary/aromatic N) is 2. The SMILES string of the molecule is CNC(=O)C1=CC2N(C)C=C(c3cc(OC(C)c4ccccc4Cl)c(C(N)=O)s3)N2C=C1. The number of hydrogen-bond acceptors (Lipinski definition) is 6. The third-order valence-corrected chi connectivity index (χ3v) is 6.86. The van der Waals surface area contributed by atoms with E-state index < -0.39 is 5.91 Å². The number of primary amides is 1. The van der Waals surface area contributed by atoms with Gasteiger partial charge in [-0.25, -0.2) is 0 Å². The molecule has 0 aliphatic carbocycles. The maximum absolute atomic E-state index is 12.1. The molecule has 0 spiro atoms. The number of rotatable bonds is 6. The zero-order valence-electron chi connectivity index (χ0n) is 17.8.